The molecule has 0 radical (unpaired) electrons. The number of nitro groups is 1. The summed E-state index contributed by atoms with van der Waals surface area (Å²) in [4.78, 5) is 22.1. The third-order valence-electron chi connectivity index (χ3n) is 3.11. The van der Waals surface area contributed by atoms with E-state index in [0.29, 0.717) is 17.1 Å². The van der Waals surface area contributed by atoms with Gasteiger partial charge in [-0.3, -0.25) is 14.9 Å². The molecule has 8 heteroatoms. The predicted molar refractivity (Wildman–Crippen MR) is 87.7 cm³/mol. The average molecular weight is 329 g/mol. The number of nitro benzene ring substituents is 1. The zero-order valence-electron chi connectivity index (χ0n) is 13.1. The molecule has 2 aromatic carbocycles. The second-order valence-electron chi connectivity index (χ2n) is 4.62. The molecule has 0 unspecified atom stereocenters. The van der Waals surface area contributed by atoms with Gasteiger partial charge in [0.1, 0.15) is 0 Å². The molecule has 0 heterocycles. The van der Waals surface area contributed by atoms with Crippen molar-refractivity contribution < 1.29 is 19.2 Å². The van der Waals surface area contributed by atoms with Crippen LogP contribution >= 0.6 is 0 Å². The van der Waals surface area contributed by atoms with Crippen molar-refractivity contribution in [3.8, 4) is 11.5 Å². The molecular formula is C16H15N3O5. The largest absolute Gasteiger partial charge is 0.493 e. The van der Waals surface area contributed by atoms with E-state index in [0.717, 1.165) is 0 Å². The fourth-order valence-corrected chi connectivity index (χ4v) is 1.92. The third-order valence-corrected chi connectivity index (χ3v) is 3.11. The maximum atomic E-state index is 11.9. The van der Waals surface area contributed by atoms with Gasteiger partial charge in [0.05, 0.1) is 25.4 Å². The van der Waals surface area contributed by atoms with Crippen molar-refractivity contribution in [1.82, 2.24) is 5.43 Å². The first-order valence-electron chi connectivity index (χ1n) is 6.85. The summed E-state index contributed by atoms with van der Waals surface area (Å²) in [5, 5.41) is 14.5. The van der Waals surface area contributed by atoms with Gasteiger partial charge in [0.15, 0.2) is 11.5 Å². The highest BCUT2D eigenvalue weighted by Crippen LogP contribution is 2.26. The Bertz CT molecular complexity index is 789. The molecule has 0 aliphatic rings. The van der Waals surface area contributed by atoms with Gasteiger partial charge < -0.3 is 9.47 Å². The van der Waals surface area contributed by atoms with Crippen LogP contribution in [0.2, 0.25) is 0 Å². The van der Waals surface area contributed by atoms with Crippen molar-refractivity contribution in [3.63, 3.8) is 0 Å². The topological polar surface area (TPSA) is 103 Å². The lowest BCUT2D eigenvalue weighted by Crippen LogP contribution is -2.17. The Labute approximate surface area is 137 Å². The number of hydrogen-bond donors (Lipinski definition) is 1. The number of hydrogen-bond acceptors (Lipinski definition) is 6. The molecule has 24 heavy (non-hydrogen) atoms. The van der Waals surface area contributed by atoms with Crippen LogP contribution in [0.3, 0.4) is 0 Å². The first kappa shape index (κ1) is 16.9. The van der Waals surface area contributed by atoms with Crippen LogP contribution in [0.15, 0.2) is 47.6 Å². The summed E-state index contributed by atoms with van der Waals surface area (Å²) in [5.41, 5.74) is 2.99. The van der Waals surface area contributed by atoms with Crippen LogP contribution in [-0.4, -0.2) is 31.3 Å². The molecule has 0 spiro atoms. The van der Waals surface area contributed by atoms with Gasteiger partial charge in [0, 0.05) is 17.7 Å². The van der Waals surface area contributed by atoms with E-state index in [2.05, 4.69) is 10.5 Å². The van der Waals surface area contributed by atoms with E-state index in [4.69, 9.17) is 9.47 Å². The van der Waals surface area contributed by atoms with Gasteiger partial charge in [-0.15, -0.1) is 0 Å². The summed E-state index contributed by atoms with van der Waals surface area (Å²) in [6.45, 7) is 0. The molecule has 0 saturated carbocycles. The minimum Gasteiger partial charge on any atom is -0.493 e. The number of carbonyl (C=O) groups excluding carboxylic acids is 1. The quantitative estimate of drug-likeness (QED) is 0.498. The summed E-state index contributed by atoms with van der Waals surface area (Å²) >= 11 is 0. The molecule has 0 aromatic heterocycles. The van der Waals surface area contributed by atoms with Crippen LogP contribution in [0.4, 0.5) is 5.69 Å². The summed E-state index contributed by atoms with van der Waals surface area (Å²) in [5.74, 6) is 0.567. The van der Waals surface area contributed by atoms with E-state index in [9.17, 15) is 14.9 Å². The Balaban J connectivity index is 2.07. The first-order valence-corrected chi connectivity index (χ1v) is 6.85. The smallest absolute Gasteiger partial charge is 0.271 e. The molecule has 0 bridgehead atoms. The van der Waals surface area contributed by atoms with Crippen molar-refractivity contribution >= 4 is 17.8 Å². The highest BCUT2D eigenvalue weighted by Gasteiger charge is 2.10. The number of nitrogens with one attached hydrogen (secondary N) is 1. The van der Waals surface area contributed by atoms with Crippen molar-refractivity contribution in [3.05, 3.63) is 63.7 Å². The van der Waals surface area contributed by atoms with E-state index in [1.807, 2.05) is 0 Å². The second-order valence-corrected chi connectivity index (χ2v) is 4.62. The fraction of sp³-hybridized carbons (Fsp3) is 0.125. The molecule has 2 rings (SSSR count). The number of non-ortho nitro benzene ring substituents is 1. The molecular weight excluding hydrogens is 314 g/mol. The van der Waals surface area contributed by atoms with Crippen molar-refractivity contribution in [2.24, 2.45) is 5.10 Å². The number of amides is 1. The minimum atomic E-state index is -0.566. The lowest BCUT2D eigenvalue weighted by atomic mass is 10.2. The zero-order valence-corrected chi connectivity index (χ0v) is 13.1. The Morgan fingerprint density at radius 2 is 1.92 bits per heavy atom. The second kappa shape index (κ2) is 7.73. The first-order chi connectivity index (χ1) is 11.5. The maximum Gasteiger partial charge on any atom is 0.271 e. The van der Waals surface area contributed by atoms with E-state index in [-0.39, 0.29) is 11.3 Å². The monoisotopic (exact) mass is 329 g/mol. The number of rotatable bonds is 6. The van der Waals surface area contributed by atoms with E-state index >= 15 is 0 Å². The number of hydrazone groups is 1. The Hall–Kier alpha value is -3.42. The van der Waals surface area contributed by atoms with Crippen LogP contribution in [0.1, 0.15) is 15.9 Å². The third kappa shape index (κ3) is 4.07. The van der Waals surface area contributed by atoms with Crippen molar-refractivity contribution in [1.29, 1.82) is 0 Å². The SMILES string of the molecule is COc1ccc(/C=N/NC(=O)c2cccc([N+](=O)[O-])c2)cc1OC. The van der Waals surface area contributed by atoms with Crippen LogP contribution in [0, 0.1) is 10.1 Å². The highest BCUT2D eigenvalue weighted by atomic mass is 16.6. The van der Waals surface area contributed by atoms with Gasteiger partial charge in [-0.25, -0.2) is 5.43 Å². The van der Waals surface area contributed by atoms with Gasteiger partial charge in [-0.2, -0.15) is 5.10 Å². The lowest BCUT2D eigenvalue weighted by molar-refractivity contribution is -0.384. The average Bonchev–Trinajstić information content (AvgIpc) is 2.61. The van der Waals surface area contributed by atoms with Gasteiger partial charge >= 0.3 is 0 Å². The molecule has 0 aliphatic heterocycles. The fourth-order valence-electron chi connectivity index (χ4n) is 1.92. The number of nitrogens with zero attached hydrogens (tertiary/aromatic N) is 2. The van der Waals surface area contributed by atoms with Crippen molar-refractivity contribution in [2.45, 2.75) is 0 Å². The summed E-state index contributed by atoms with van der Waals surface area (Å²) in [7, 11) is 3.05. The van der Waals surface area contributed by atoms with Gasteiger partial charge in [-0.1, -0.05) is 6.07 Å². The van der Waals surface area contributed by atoms with Gasteiger partial charge in [-0.05, 0) is 29.8 Å². The standard InChI is InChI=1S/C16H15N3O5/c1-23-14-7-6-11(8-15(14)24-2)10-17-18-16(20)12-4-3-5-13(9-12)19(21)22/h3-10H,1-2H3,(H,18,20)/b17-10+. The molecule has 0 saturated heterocycles. The predicted octanol–water partition coefficient (Wildman–Crippen LogP) is 2.38. The Morgan fingerprint density at radius 1 is 1.17 bits per heavy atom. The van der Waals surface area contributed by atoms with Gasteiger partial charge in [0.2, 0.25) is 0 Å². The van der Waals surface area contributed by atoms with E-state index < -0.39 is 10.8 Å². The van der Waals surface area contributed by atoms with E-state index in [1.54, 1.807) is 18.2 Å². The molecule has 2 aromatic rings. The molecule has 0 atom stereocenters. The lowest BCUT2D eigenvalue weighted by Gasteiger charge is -2.07. The minimum absolute atomic E-state index is 0.147. The summed E-state index contributed by atoms with van der Waals surface area (Å²) in [6.07, 6.45) is 1.43. The molecule has 0 aliphatic carbocycles. The number of methoxy groups -OCH3 is 2. The zero-order chi connectivity index (χ0) is 17.5. The highest BCUT2D eigenvalue weighted by molar-refractivity contribution is 5.95. The summed E-state index contributed by atoms with van der Waals surface area (Å²) in [6, 6.07) is 10.5. The van der Waals surface area contributed by atoms with Gasteiger partial charge in [0.25, 0.3) is 11.6 Å². The Kier molecular flexibility index (Phi) is 5.45. The Morgan fingerprint density at radius 3 is 2.58 bits per heavy atom. The van der Waals surface area contributed by atoms with Crippen LogP contribution in [0.25, 0.3) is 0 Å². The summed E-state index contributed by atoms with van der Waals surface area (Å²) < 4.78 is 10.3. The van der Waals surface area contributed by atoms with E-state index in [1.165, 1.54) is 44.7 Å². The van der Waals surface area contributed by atoms with Crippen LogP contribution in [-0.2, 0) is 0 Å². The molecule has 1 amide bonds. The molecule has 8 nitrogen and oxygen atoms in total. The molecule has 1 N–H and O–H groups in total. The van der Waals surface area contributed by atoms with Crippen LogP contribution in [0.5, 0.6) is 11.5 Å². The van der Waals surface area contributed by atoms with Crippen molar-refractivity contribution in [2.75, 3.05) is 14.2 Å². The molecule has 0 fully saturated rings. The maximum absolute atomic E-state index is 11.9. The number of benzene rings is 2. The normalized spacial score (nSPS) is 10.4. The molecule has 124 valence electrons. The number of carbonyl (C=O) groups is 1. The van der Waals surface area contributed by atoms with Crippen LogP contribution < -0.4 is 14.9 Å². The number of ether oxygens (including phenoxy) is 2.